The number of aromatic amines is 1. The molecule has 4 aromatic rings. The fourth-order valence-electron chi connectivity index (χ4n) is 3.04. The third kappa shape index (κ3) is 4.96. The van der Waals surface area contributed by atoms with Crippen LogP contribution >= 0.6 is 0 Å². The molecule has 0 bridgehead atoms. The number of halogens is 1. The number of rotatable bonds is 7. The van der Waals surface area contributed by atoms with Gasteiger partial charge in [0.1, 0.15) is 11.6 Å². The SMILES string of the molecule is O=C(CCNS(=O)(=O)c1ccccc1)Nc1ccc2nc(-c3ccc(F)cc3)[nH]c2c1. The van der Waals surface area contributed by atoms with Crippen LogP contribution in [-0.2, 0) is 14.8 Å². The highest BCUT2D eigenvalue weighted by Crippen LogP contribution is 2.23. The predicted octanol–water partition coefficient (Wildman–Crippen LogP) is 3.68. The highest BCUT2D eigenvalue weighted by Gasteiger charge is 2.14. The molecular formula is C22H19FN4O3S. The molecule has 0 aliphatic carbocycles. The van der Waals surface area contributed by atoms with Crippen LogP contribution in [0, 0.1) is 5.82 Å². The summed E-state index contributed by atoms with van der Waals surface area (Å²) in [5.41, 5.74) is 2.71. The van der Waals surface area contributed by atoms with E-state index in [2.05, 4.69) is 20.0 Å². The number of anilines is 1. The topological polar surface area (TPSA) is 104 Å². The third-order valence-corrected chi connectivity index (χ3v) is 6.06. The Morgan fingerprint density at radius 2 is 1.74 bits per heavy atom. The molecule has 1 heterocycles. The summed E-state index contributed by atoms with van der Waals surface area (Å²) in [7, 11) is -3.65. The number of sulfonamides is 1. The lowest BCUT2D eigenvalue weighted by Gasteiger charge is -2.07. The molecule has 9 heteroatoms. The van der Waals surface area contributed by atoms with E-state index in [1.165, 1.54) is 24.3 Å². The van der Waals surface area contributed by atoms with Crippen molar-refractivity contribution in [2.45, 2.75) is 11.3 Å². The van der Waals surface area contributed by atoms with Crippen LogP contribution in [0.1, 0.15) is 6.42 Å². The molecule has 7 nitrogen and oxygen atoms in total. The molecule has 31 heavy (non-hydrogen) atoms. The van der Waals surface area contributed by atoms with E-state index in [0.29, 0.717) is 22.5 Å². The van der Waals surface area contributed by atoms with Gasteiger partial charge in [-0.25, -0.2) is 22.5 Å². The van der Waals surface area contributed by atoms with Crippen molar-refractivity contribution in [3.8, 4) is 11.4 Å². The molecule has 1 amide bonds. The number of hydrogen-bond acceptors (Lipinski definition) is 4. The smallest absolute Gasteiger partial charge is 0.240 e. The molecule has 0 atom stereocenters. The van der Waals surface area contributed by atoms with Gasteiger partial charge >= 0.3 is 0 Å². The van der Waals surface area contributed by atoms with Crippen LogP contribution in [0.4, 0.5) is 10.1 Å². The number of aromatic nitrogens is 2. The maximum absolute atomic E-state index is 13.1. The van der Waals surface area contributed by atoms with Crippen LogP contribution in [-0.4, -0.2) is 30.8 Å². The van der Waals surface area contributed by atoms with Gasteiger partial charge in [-0.05, 0) is 54.6 Å². The Morgan fingerprint density at radius 1 is 1.00 bits per heavy atom. The lowest BCUT2D eigenvalue weighted by Crippen LogP contribution is -2.27. The van der Waals surface area contributed by atoms with Gasteiger partial charge in [0.05, 0.1) is 15.9 Å². The van der Waals surface area contributed by atoms with Crippen molar-refractivity contribution in [3.05, 3.63) is 78.6 Å². The Hall–Kier alpha value is -3.56. The van der Waals surface area contributed by atoms with Gasteiger partial charge in [0.15, 0.2) is 0 Å². The van der Waals surface area contributed by atoms with Gasteiger partial charge in [-0.1, -0.05) is 18.2 Å². The van der Waals surface area contributed by atoms with Crippen molar-refractivity contribution in [3.63, 3.8) is 0 Å². The summed E-state index contributed by atoms with van der Waals surface area (Å²) in [6, 6.07) is 19.2. The van der Waals surface area contributed by atoms with Gasteiger partial charge in [0, 0.05) is 24.2 Å². The molecule has 0 aliphatic rings. The first-order valence-electron chi connectivity index (χ1n) is 9.51. The molecule has 0 unspecified atom stereocenters. The highest BCUT2D eigenvalue weighted by molar-refractivity contribution is 7.89. The largest absolute Gasteiger partial charge is 0.338 e. The van der Waals surface area contributed by atoms with E-state index in [1.807, 2.05) is 0 Å². The average molecular weight is 438 g/mol. The van der Waals surface area contributed by atoms with E-state index >= 15 is 0 Å². The van der Waals surface area contributed by atoms with Gasteiger partial charge < -0.3 is 10.3 Å². The summed E-state index contributed by atoms with van der Waals surface area (Å²) in [5.74, 6) is -0.0573. The van der Waals surface area contributed by atoms with Gasteiger partial charge in [-0.2, -0.15) is 0 Å². The maximum atomic E-state index is 13.1. The Bertz CT molecular complexity index is 1320. The fraction of sp³-hybridized carbons (Fsp3) is 0.0909. The van der Waals surface area contributed by atoms with Gasteiger partial charge in [0.2, 0.25) is 15.9 Å². The van der Waals surface area contributed by atoms with Crippen LogP contribution in [0.5, 0.6) is 0 Å². The molecule has 3 N–H and O–H groups in total. The quantitative estimate of drug-likeness (QED) is 0.409. The Labute approximate surface area is 178 Å². The molecule has 0 radical (unpaired) electrons. The number of nitrogens with zero attached hydrogens (tertiary/aromatic N) is 1. The van der Waals surface area contributed by atoms with Crippen molar-refractivity contribution in [2.75, 3.05) is 11.9 Å². The third-order valence-electron chi connectivity index (χ3n) is 4.58. The first-order chi connectivity index (χ1) is 14.9. The lowest BCUT2D eigenvalue weighted by atomic mass is 10.2. The van der Waals surface area contributed by atoms with Crippen molar-refractivity contribution in [1.29, 1.82) is 0 Å². The number of carbonyl (C=O) groups excluding carboxylic acids is 1. The lowest BCUT2D eigenvalue weighted by molar-refractivity contribution is -0.116. The van der Waals surface area contributed by atoms with Crippen LogP contribution in [0.15, 0.2) is 77.7 Å². The molecule has 3 aromatic carbocycles. The second-order valence-electron chi connectivity index (χ2n) is 6.83. The fourth-order valence-corrected chi connectivity index (χ4v) is 4.09. The highest BCUT2D eigenvalue weighted by atomic mass is 32.2. The van der Waals surface area contributed by atoms with Crippen molar-refractivity contribution in [1.82, 2.24) is 14.7 Å². The number of imidazole rings is 1. The van der Waals surface area contributed by atoms with E-state index in [4.69, 9.17) is 0 Å². The van der Waals surface area contributed by atoms with Crippen molar-refractivity contribution in [2.24, 2.45) is 0 Å². The summed E-state index contributed by atoms with van der Waals surface area (Å²) in [4.78, 5) is 20.0. The van der Waals surface area contributed by atoms with E-state index in [-0.39, 0.29) is 29.6 Å². The first kappa shape index (κ1) is 20.7. The van der Waals surface area contributed by atoms with Crippen LogP contribution in [0.2, 0.25) is 0 Å². The van der Waals surface area contributed by atoms with Crippen LogP contribution < -0.4 is 10.0 Å². The summed E-state index contributed by atoms with van der Waals surface area (Å²) in [5, 5.41) is 2.75. The minimum absolute atomic E-state index is 0.0199. The van der Waals surface area contributed by atoms with E-state index in [1.54, 1.807) is 48.5 Å². The van der Waals surface area contributed by atoms with Crippen LogP contribution in [0.3, 0.4) is 0 Å². The number of H-pyrrole nitrogens is 1. The Morgan fingerprint density at radius 3 is 2.48 bits per heavy atom. The zero-order valence-corrected chi connectivity index (χ0v) is 17.1. The summed E-state index contributed by atoms with van der Waals surface area (Å²) < 4.78 is 39.9. The van der Waals surface area contributed by atoms with Gasteiger partial charge in [-0.15, -0.1) is 0 Å². The van der Waals surface area contributed by atoms with Gasteiger partial charge in [-0.3, -0.25) is 4.79 Å². The molecule has 1 aromatic heterocycles. The molecule has 0 saturated heterocycles. The Balaban J connectivity index is 1.38. The summed E-state index contributed by atoms with van der Waals surface area (Å²) in [6.45, 7) is -0.0237. The molecular weight excluding hydrogens is 419 g/mol. The molecule has 0 aliphatic heterocycles. The minimum Gasteiger partial charge on any atom is -0.338 e. The standard InChI is InChI=1S/C22H19FN4O3S/c23-16-8-6-15(7-9-16)22-26-19-11-10-17(14-20(19)27-22)25-21(28)12-13-24-31(29,30)18-4-2-1-3-5-18/h1-11,14,24H,12-13H2,(H,25,28)(H,26,27). The van der Waals surface area contributed by atoms with Gasteiger partial charge in [0.25, 0.3) is 0 Å². The zero-order chi connectivity index (χ0) is 21.8. The first-order valence-corrected chi connectivity index (χ1v) is 11.0. The number of benzene rings is 3. The number of amides is 1. The molecule has 4 rings (SSSR count). The predicted molar refractivity (Wildman–Crippen MR) is 116 cm³/mol. The normalized spacial score (nSPS) is 11.5. The Kier molecular flexibility index (Phi) is 5.79. The number of fused-ring (bicyclic) bond motifs is 1. The summed E-state index contributed by atoms with van der Waals surface area (Å²) >= 11 is 0. The van der Waals surface area contributed by atoms with E-state index in [0.717, 1.165) is 5.56 Å². The molecule has 0 saturated carbocycles. The average Bonchev–Trinajstić information content (AvgIpc) is 3.18. The number of nitrogens with one attached hydrogen (secondary N) is 3. The van der Waals surface area contributed by atoms with Crippen molar-refractivity contribution >= 4 is 32.7 Å². The molecule has 0 fully saturated rings. The molecule has 0 spiro atoms. The number of hydrogen-bond donors (Lipinski definition) is 3. The second kappa shape index (κ2) is 8.66. The van der Waals surface area contributed by atoms with E-state index < -0.39 is 10.0 Å². The number of carbonyl (C=O) groups is 1. The van der Waals surface area contributed by atoms with Crippen LogP contribution in [0.25, 0.3) is 22.4 Å². The monoisotopic (exact) mass is 438 g/mol. The summed E-state index contributed by atoms with van der Waals surface area (Å²) in [6.07, 6.45) is -0.0199. The van der Waals surface area contributed by atoms with Crippen molar-refractivity contribution < 1.29 is 17.6 Å². The zero-order valence-electron chi connectivity index (χ0n) is 16.3. The maximum Gasteiger partial charge on any atom is 0.240 e. The minimum atomic E-state index is -3.65. The second-order valence-corrected chi connectivity index (χ2v) is 8.60. The molecule has 158 valence electrons. The van der Waals surface area contributed by atoms with E-state index in [9.17, 15) is 17.6 Å².